The largest absolute Gasteiger partial charge is 0.476 e. The number of anilines is 1. The monoisotopic (exact) mass is 217 g/mol. The molecule has 3 heterocycles. The number of H-pyrrole nitrogens is 1. The number of aromatic carboxylic acids is 1. The van der Waals surface area contributed by atoms with Crippen LogP contribution < -0.4 is 5.32 Å². The Hall–Kier alpha value is -2.44. The number of hydrogen-bond donors (Lipinski definition) is 3. The highest BCUT2D eigenvalue weighted by molar-refractivity contribution is 5.97. The van der Waals surface area contributed by atoms with Crippen molar-refractivity contribution in [2.75, 3.05) is 5.32 Å². The lowest BCUT2D eigenvalue weighted by atomic mass is 10.1. The maximum absolute atomic E-state index is 10.9. The molecule has 7 nitrogen and oxygen atoms in total. The van der Waals surface area contributed by atoms with Crippen molar-refractivity contribution in [3.05, 3.63) is 23.9 Å². The van der Waals surface area contributed by atoms with E-state index in [2.05, 4.69) is 25.5 Å². The molecular formula is C9H7N5O2. The van der Waals surface area contributed by atoms with Gasteiger partial charge in [0, 0.05) is 11.8 Å². The highest BCUT2D eigenvalue weighted by atomic mass is 16.4. The Balaban J connectivity index is 2.23. The first-order chi connectivity index (χ1) is 7.77. The summed E-state index contributed by atoms with van der Waals surface area (Å²) in [4.78, 5) is 18.9. The molecule has 0 bridgehead atoms. The second kappa shape index (κ2) is 3.02. The Morgan fingerprint density at radius 2 is 2.38 bits per heavy atom. The van der Waals surface area contributed by atoms with Gasteiger partial charge in [-0.1, -0.05) is 0 Å². The van der Waals surface area contributed by atoms with E-state index in [1.54, 1.807) is 6.20 Å². The number of carbonyl (C=O) groups is 1. The third kappa shape index (κ3) is 1.08. The number of nitrogens with zero attached hydrogens (tertiary/aromatic N) is 3. The zero-order valence-corrected chi connectivity index (χ0v) is 8.06. The van der Waals surface area contributed by atoms with Gasteiger partial charge in [0.2, 0.25) is 0 Å². The normalized spacial score (nSPS) is 12.5. The number of carboxylic acids is 1. The molecule has 3 N–H and O–H groups in total. The fourth-order valence-corrected chi connectivity index (χ4v) is 1.73. The topological polar surface area (TPSA) is 104 Å². The van der Waals surface area contributed by atoms with E-state index < -0.39 is 5.97 Å². The van der Waals surface area contributed by atoms with Crippen LogP contribution in [0.4, 0.5) is 5.69 Å². The molecule has 3 rings (SSSR count). The second-order valence-corrected chi connectivity index (χ2v) is 3.36. The van der Waals surface area contributed by atoms with Gasteiger partial charge < -0.3 is 10.4 Å². The fraction of sp³-hybridized carbons (Fsp3) is 0.111. The summed E-state index contributed by atoms with van der Waals surface area (Å²) in [5.41, 5.74) is 2.68. The Bertz CT molecular complexity index is 577. The van der Waals surface area contributed by atoms with Crippen molar-refractivity contribution in [3.8, 4) is 11.3 Å². The Labute approximate surface area is 89.6 Å². The van der Waals surface area contributed by atoms with Crippen molar-refractivity contribution in [1.29, 1.82) is 0 Å². The molecule has 1 aliphatic heterocycles. The third-order valence-electron chi connectivity index (χ3n) is 2.46. The van der Waals surface area contributed by atoms with Gasteiger partial charge in [0.25, 0.3) is 0 Å². The van der Waals surface area contributed by atoms with Crippen molar-refractivity contribution < 1.29 is 9.90 Å². The van der Waals surface area contributed by atoms with Crippen LogP contribution in [-0.4, -0.2) is 31.2 Å². The van der Waals surface area contributed by atoms with Crippen LogP contribution in [0.2, 0.25) is 0 Å². The van der Waals surface area contributed by atoms with E-state index in [1.165, 1.54) is 6.33 Å². The standard InChI is InChI=1S/C9H7N5O2/c15-9(16)8-7-6(13-14-8)4-1-10-3-12-5(4)2-11-7/h1,3,11H,2H2,(H,13,14)(H,15,16). The van der Waals surface area contributed by atoms with Crippen molar-refractivity contribution in [1.82, 2.24) is 20.2 Å². The minimum absolute atomic E-state index is 0.0597. The van der Waals surface area contributed by atoms with Crippen molar-refractivity contribution in [3.63, 3.8) is 0 Å². The molecule has 0 fully saturated rings. The summed E-state index contributed by atoms with van der Waals surface area (Å²) in [6.45, 7) is 0.477. The third-order valence-corrected chi connectivity index (χ3v) is 2.46. The first-order valence-electron chi connectivity index (χ1n) is 4.62. The first kappa shape index (κ1) is 8.84. The molecule has 2 aromatic heterocycles. The molecule has 16 heavy (non-hydrogen) atoms. The van der Waals surface area contributed by atoms with Gasteiger partial charge in [-0.25, -0.2) is 14.8 Å². The molecule has 0 atom stereocenters. The van der Waals surface area contributed by atoms with Gasteiger partial charge >= 0.3 is 5.97 Å². The summed E-state index contributed by atoms with van der Waals surface area (Å²) >= 11 is 0. The van der Waals surface area contributed by atoms with Gasteiger partial charge in [-0.3, -0.25) is 5.10 Å². The number of hydrogen-bond acceptors (Lipinski definition) is 5. The Morgan fingerprint density at radius 3 is 3.19 bits per heavy atom. The van der Waals surface area contributed by atoms with Crippen LogP contribution in [-0.2, 0) is 6.54 Å². The van der Waals surface area contributed by atoms with E-state index in [9.17, 15) is 4.79 Å². The van der Waals surface area contributed by atoms with E-state index in [4.69, 9.17) is 5.11 Å². The average molecular weight is 217 g/mol. The first-order valence-corrected chi connectivity index (χ1v) is 4.62. The smallest absolute Gasteiger partial charge is 0.356 e. The van der Waals surface area contributed by atoms with Gasteiger partial charge in [0.05, 0.1) is 17.9 Å². The van der Waals surface area contributed by atoms with Gasteiger partial charge in [-0.2, -0.15) is 5.10 Å². The summed E-state index contributed by atoms with van der Waals surface area (Å²) in [5.74, 6) is -1.04. The summed E-state index contributed by atoms with van der Waals surface area (Å²) in [5, 5.41) is 18.4. The van der Waals surface area contributed by atoms with E-state index in [0.29, 0.717) is 17.9 Å². The number of carboxylic acid groups (broad SMARTS) is 1. The molecule has 2 aromatic rings. The zero-order valence-electron chi connectivity index (χ0n) is 8.06. The van der Waals surface area contributed by atoms with Crippen LogP contribution in [0.25, 0.3) is 11.3 Å². The average Bonchev–Trinajstić information content (AvgIpc) is 2.73. The Kier molecular flexibility index (Phi) is 1.67. The van der Waals surface area contributed by atoms with Crippen LogP contribution in [0.5, 0.6) is 0 Å². The summed E-state index contributed by atoms with van der Waals surface area (Å²) in [7, 11) is 0. The molecule has 0 radical (unpaired) electrons. The van der Waals surface area contributed by atoms with Crippen molar-refractivity contribution in [2.24, 2.45) is 0 Å². The quantitative estimate of drug-likeness (QED) is 0.642. The summed E-state index contributed by atoms with van der Waals surface area (Å²) in [6, 6.07) is 0. The lowest BCUT2D eigenvalue weighted by molar-refractivity contribution is 0.0691. The molecule has 0 amide bonds. The Morgan fingerprint density at radius 1 is 1.50 bits per heavy atom. The van der Waals surface area contributed by atoms with Gasteiger partial charge in [-0.15, -0.1) is 0 Å². The second-order valence-electron chi connectivity index (χ2n) is 3.36. The highest BCUT2D eigenvalue weighted by Crippen LogP contribution is 2.34. The molecular weight excluding hydrogens is 210 g/mol. The molecule has 0 saturated carbocycles. The van der Waals surface area contributed by atoms with Gasteiger partial charge in [0.15, 0.2) is 5.69 Å². The molecule has 0 spiro atoms. The predicted octanol–water partition coefficient (Wildman–Crippen LogP) is 0.490. The summed E-state index contributed by atoms with van der Waals surface area (Å²) in [6.07, 6.45) is 3.09. The van der Waals surface area contributed by atoms with Crippen LogP contribution in [0.1, 0.15) is 16.2 Å². The molecule has 80 valence electrons. The summed E-state index contributed by atoms with van der Waals surface area (Å²) < 4.78 is 0. The van der Waals surface area contributed by atoms with Crippen molar-refractivity contribution >= 4 is 11.7 Å². The number of rotatable bonds is 1. The van der Waals surface area contributed by atoms with Crippen LogP contribution in [0.3, 0.4) is 0 Å². The maximum atomic E-state index is 10.9. The van der Waals surface area contributed by atoms with E-state index in [0.717, 1.165) is 11.3 Å². The van der Waals surface area contributed by atoms with Gasteiger partial charge in [-0.05, 0) is 0 Å². The number of aromatic amines is 1. The maximum Gasteiger partial charge on any atom is 0.356 e. The number of aromatic nitrogens is 4. The fourth-order valence-electron chi connectivity index (χ4n) is 1.73. The molecule has 0 aromatic carbocycles. The molecule has 0 saturated heterocycles. The van der Waals surface area contributed by atoms with Gasteiger partial charge in [0.1, 0.15) is 12.0 Å². The van der Waals surface area contributed by atoms with Crippen LogP contribution >= 0.6 is 0 Å². The predicted molar refractivity (Wildman–Crippen MR) is 53.9 cm³/mol. The number of fused-ring (bicyclic) bond motifs is 3. The SMILES string of the molecule is O=C(O)c1[nH]nc2c1NCc1ncncc1-2. The molecule has 1 aliphatic rings. The lowest BCUT2D eigenvalue weighted by Crippen LogP contribution is -2.12. The lowest BCUT2D eigenvalue weighted by Gasteiger charge is -2.15. The minimum Gasteiger partial charge on any atom is -0.476 e. The number of nitrogens with one attached hydrogen (secondary N) is 2. The zero-order chi connectivity index (χ0) is 11.1. The van der Waals surface area contributed by atoms with Crippen LogP contribution in [0, 0.1) is 0 Å². The molecule has 0 aliphatic carbocycles. The molecule has 7 heteroatoms. The van der Waals surface area contributed by atoms with E-state index in [-0.39, 0.29) is 5.69 Å². The van der Waals surface area contributed by atoms with Crippen LogP contribution in [0.15, 0.2) is 12.5 Å². The molecule has 0 unspecified atom stereocenters. The van der Waals surface area contributed by atoms with E-state index in [1.807, 2.05) is 0 Å². The minimum atomic E-state index is -1.04. The highest BCUT2D eigenvalue weighted by Gasteiger charge is 2.25. The van der Waals surface area contributed by atoms with E-state index >= 15 is 0 Å². The van der Waals surface area contributed by atoms with Crippen molar-refractivity contribution in [2.45, 2.75) is 6.54 Å².